The van der Waals surface area contributed by atoms with Crippen LogP contribution in [0.25, 0.3) is 0 Å². The number of anilines is 1. The van der Waals surface area contributed by atoms with E-state index >= 15 is 0 Å². The van der Waals surface area contributed by atoms with E-state index in [1.165, 1.54) is 0 Å². The summed E-state index contributed by atoms with van der Waals surface area (Å²) < 4.78 is 0.810. The Bertz CT molecular complexity index is 236. The Morgan fingerprint density at radius 2 is 2.30 bits per heavy atom. The third kappa shape index (κ3) is 1.46. The van der Waals surface area contributed by atoms with Crippen LogP contribution in [-0.2, 0) is 6.54 Å². The molecule has 0 aliphatic rings. The lowest BCUT2D eigenvalue weighted by atomic mass is 10.3. The highest BCUT2D eigenvalue weighted by atomic mass is 79.9. The number of nitrogens with two attached hydrogens (primary N) is 2. The van der Waals surface area contributed by atoms with Gasteiger partial charge in [0.25, 0.3) is 0 Å². The van der Waals surface area contributed by atoms with Gasteiger partial charge in [0.2, 0.25) is 0 Å². The lowest BCUT2D eigenvalue weighted by Gasteiger charge is -1.98. The van der Waals surface area contributed by atoms with Gasteiger partial charge in [0.1, 0.15) is 0 Å². The molecule has 1 heterocycles. The smallest absolute Gasteiger partial charge is 0.0588 e. The summed E-state index contributed by atoms with van der Waals surface area (Å²) in [6.07, 6.45) is 1.65. The third-order valence-corrected chi connectivity index (χ3v) is 1.81. The van der Waals surface area contributed by atoms with E-state index in [9.17, 15) is 0 Å². The van der Waals surface area contributed by atoms with E-state index in [-0.39, 0.29) is 0 Å². The van der Waals surface area contributed by atoms with Crippen LogP contribution in [0.1, 0.15) is 5.69 Å². The van der Waals surface area contributed by atoms with Crippen LogP contribution in [0.5, 0.6) is 0 Å². The number of rotatable bonds is 1. The number of nitrogen functional groups attached to an aromatic ring is 1. The van der Waals surface area contributed by atoms with Crippen molar-refractivity contribution in [1.29, 1.82) is 0 Å². The van der Waals surface area contributed by atoms with Crippen molar-refractivity contribution >= 4 is 21.6 Å². The lowest BCUT2D eigenvalue weighted by Crippen LogP contribution is -2.00. The number of hydrogen-bond donors (Lipinski definition) is 2. The van der Waals surface area contributed by atoms with Crippen LogP contribution in [0, 0.1) is 0 Å². The van der Waals surface area contributed by atoms with Gasteiger partial charge in [0.05, 0.1) is 10.2 Å². The number of pyridine rings is 1. The molecule has 0 fully saturated rings. The fraction of sp³-hybridized carbons (Fsp3) is 0.167. The average molecular weight is 202 g/mol. The summed E-state index contributed by atoms with van der Waals surface area (Å²) >= 11 is 3.23. The van der Waals surface area contributed by atoms with Crippen molar-refractivity contribution in [2.24, 2.45) is 5.73 Å². The molecule has 0 aliphatic carbocycles. The number of nitrogens with zero attached hydrogens (tertiary/aromatic N) is 1. The summed E-state index contributed by atoms with van der Waals surface area (Å²) in [7, 11) is 0. The van der Waals surface area contributed by atoms with Crippen LogP contribution in [0.15, 0.2) is 16.7 Å². The molecule has 10 heavy (non-hydrogen) atoms. The Morgan fingerprint density at radius 3 is 2.80 bits per heavy atom. The fourth-order valence-corrected chi connectivity index (χ4v) is 0.828. The van der Waals surface area contributed by atoms with Gasteiger partial charge in [-0.25, -0.2) is 0 Å². The molecule has 1 rings (SSSR count). The molecule has 0 bridgehead atoms. The van der Waals surface area contributed by atoms with Crippen molar-refractivity contribution < 1.29 is 0 Å². The second-order valence-corrected chi connectivity index (χ2v) is 2.76. The first-order valence-electron chi connectivity index (χ1n) is 2.84. The van der Waals surface area contributed by atoms with Gasteiger partial charge < -0.3 is 11.5 Å². The van der Waals surface area contributed by atoms with Gasteiger partial charge in [0.15, 0.2) is 0 Å². The van der Waals surface area contributed by atoms with Crippen molar-refractivity contribution in [1.82, 2.24) is 4.98 Å². The van der Waals surface area contributed by atoms with Gasteiger partial charge in [-0.15, -0.1) is 0 Å². The van der Waals surface area contributed by atoms with Crippen molar-refractivity contribution in [2.45, 2.75) is 6.54 Å². The van der Waals surface area contributed by atoms with E-state index in [2.05, 4.69) is 20.9 Å². The molecule has 4 heteroatoms. The molecule has 0 saturated heterocycles. The number of aromatic nitrogens is 1. The molecule has 0 radical (unpaired) electrons. The first-order valence-corrected chi connectivity index (χ1v) is 3.63. The maximum absolute atomic E-state index is 5.55. The normalized spacial score (nSPS) is 9.80. The summed E-state index contributed by atoms with van der Waals surface area (Å²) in [4.78, 5) is 4.01. The third-order valence-electron chi connectivity index (χ3n) is 1.15. The second-order valence-electron chi connectivity index (χ2n) is 1.90. The SMILES string of the molecule is NCc1cc(N)c(Br)cn1. The molecular formula is C6H8BrN3. The Hall–Kier alpha value is -0.610. The van der Waals surface area contributed by atoms with E-state index in [0.29, 0.717) is 12.2 Å². The molecule has 0 unspecified atom stereocenters. The first-order chi connectivity index (χ1) is 4.74. The van der Waals surface area contributed by atoms with E-state index in [4.69, 9.17) is 11.5 Å². The second kappa shape index (κ2) is 2.98. The minimum absolute atomic E-state index is 0.428. The van der Waals surface area contributed by atoms with Gasteiger partial charge in [-0.05, 0) is 22.0 Å². The topological polar surface area (TPSA) is 64.9 Å². The Kier molecular flexibility index (Phi) is 2.24. The summed E-state index contributed by atoms with van der Waals surface area (Å²) in [5.74, 6) is 0. The zero-order valence-corrected chi connectivity index (χ0v) is 6.93. The molecule has 1 aromatic heterocycles. The number of hydrogen-bond acceptors (Lipinski definition) is 3. The molecule has 0 atom stereocenters. The maximum atomic E-state index is 5.55. The van der Waals surface area contributed by atoms with Gasteiger partial charge >= 0.3 is 0 Å². The zero-order chi connectivity index (χ0) is 7.56. The van der Waals surface area contributed by atoms with Gasteiger partial charge in [0, 0.05) is 18.4 Å². The minimum atomic E-state index is 0.428. The monoisotopic (exact) mass is 201 g/mol. The van der Waals surface area contributed by atoms with Crippen molar-refractivity contribution in [3.8, 4) is 0 Å². The van der Waals surface area contributed by atoms with Crippen LogP contribution in [0.4, 0.5) is 5.69 Å². The Labute approximate surface area is 67.6 Å². The molecule has 0 amide bonds. The van der Waals surface area contributed by atoms with E-state index in [1.54, 1.807) is 12.3 Å². The molecule has 0 aromatic carbocycles. The minimum Gasteiger partial charge on any atom is -0.398 e. The Balaban J connectivity index is 3.04. The molecule has 0 spiro atoms. The van der Waals surface area contributed by atoms with Crippen LogP contribution >= 0.6 is 15.9 Å². The summed E-state index contributed by atoms with van der Waals surface area (Å²) in [5.41, 5.74) is 12.4. The van der Waals surface area contributed by atoms with Crippen LogP contribution in [0.3, 0.4) is 0 Å². The number of halogens is 1. The highest BCUT2D eigenvalue weighted by Crippen LogP contribution is 2.17. The predicted octanol–water partition coefficient (Wildman–Crippen LogP) is 0.885. The van der Waals surface area contributed by atoms with Crippen LogP contribution < -0.4 is 11.5 Å². The molecule has 0 saturated carbocycles. The maximum Gasteiger partial charge on any atom is 0.0588 e. The van der Waals surface area contributed by atoms with Crippen molar-refractivity contribution in [2.75, 3.05) is 5.73 Å². The molecule has 0 aliphatic heterocycles. The van der Waals surface area contributed by atoms with Gasteiger partial charge in [-0.3, -0.25) is 4.98 Å². The largest absolute Gasteiger partial charge is 0.398 e. The summed E-state index contributed by atoms with van der Waals surface area (Å²) in [6.45, 7) is 0.428. The zero-order valence-electron chi connectivity index (χ0n) is 5.34. The molecular weight excluding hydrogens is 194 g/mol. The average Bonchev–Trinajstić information content (AvgIpc) is 1.95. The summed E-state index contributed by atoms with van der Waals surface area (Å²) in [5, 5.41) is 0. The molecule has 54 valence electrons. The van der Waals surface area contributed by atoms with E-state index in [1.807, 2.05) is 0 Å². The van der Waals surface area contributed by atoms with Crippen molar-refractivity contribution in [3.05, 3.63) is 22.4 Å². The predicted molar refractivity (Wildman–Crippen MR) is 44.2 cm³/mol. The van der Waals surface area contributed by atoms with E-state index in [0.717, 1.165) is 10.2 Å². The van der Waals surface area contributed by atoms with Gasteiger partial charge in [-0.1, -0.05) is 0 Å². The molecule has 4 N–H and O–H groups in total. The molecule has 3 nitrogen and oxygen atoms in total. The van der Waals surface area contributed by atoms with Crippen LogP contribution in [0.2, 0.25) is 0 Å². The fourth-order valence-electron chi connectivity index (χ4n) is 0.611. The quantitative estimate of drug-likeness (QED) is 0.710. The molecule has 1 aromatic rings. The van der Waals surface area contributed by atoms with Crippen molar-refractivity contribution in [3.63, 3.8) is 0 Å². The first kappa shape index (κ1) is 7.50. The Morgan fingerprint density at radius 1 is 1.60 bits per heavy atom. The highest BCUT2D eigenvalue weighted by molar-refractivity contribution is 9.10. The highest BCUT2D eigenvalue weighted by Gasteiger charge is 1.95. The summed E-state index contributed by atoms with van der Waals surface area (Å²) in [6, 6.07) is 1.75. The van der Waals surface area contributed by atoms with Crippen LogP contribution in [-0.4, -0.2) is 4.98 Å². The standard InChI is InChI=1S/C6H8BrN3/c7-5-3-10-4(2-8)1-6(5)9/h1,3H,2,8H2,(H2,9,10). The van der Waals surface area contributed by atoms with Gasteiger partial charge in [-0.2, -0.15) is 0 Å². The lowest BCUT2D eigenvalue weighted by molar-refractivity contribution is 0.989. The van der Waals surface area contributed by atoms with E-state index < -0.39 is 0 Å².